The van der Waals surface area contributed by atoms with Gasteiger partial charge in [-0.05, 0) is 35.6 Å². The third-order valence-electron chi connectivity index (χ3n) is 7.57. The molecule has 2 amide bonds. The van der Waals surface area contributed by atoms with Gasteiger partial charge in [0, 0.05) is 55.8 Å². The van der Waals surface area contributed by atoms with Gasteiger partial charge in [0.25, 0.3) is 11.5 Å². The van der Waals surface area contributed by atoms with E-state index in [1.165, 1.54) is 0 Å². The van der Waals surface area contributed by atoms with Crippen LogP contribution in [0.2, 0.25) is 0 Å². The largest absolute Gasteiger partial charge is 0.340 e. The Morgan fingerprint density at radius 1 is 0.882 bits per heavy atom. The fourth-order valence-corrected chi connectivity index (χ4v) is 5.98. The number of pyridine rings is 1. The summed E-state index contributed by atoms with van der Waals surface area (Å²) in [5.41, 5.74) is 3.76. The van der Waals surface area contributed by atoms with Crippen molar-refractivity contribution < 1.29 is 9.59 Å². The first-order valence-electron chi connectivity index (χ1n) is 12.0. The Kier molecular flexibility index (Phi) is 5.09. The Bertz CT molecular complexity index is 1320. The number of piperidine rings is 1. The number of benzene rings is 2. The highest BCUT2D eigenvalue weighted by Crippen LogP contribution is 2.36. The maximum absolute atomic E-state index is 14.1. The zero-order valence-corrected chi connectivity index (χ0v) is 19.0. The van der Waals surface area contributed by atoms with Crippen LogP contribution in [0.4, 0.5) is 0 Å². The third kappa shape index (κ3) is 3.54. The second kappa shape index (κ2) is 8.28. The SMILES string of the molecule is O=C(C(Cc1ccccc1)N1Cc2ccccc2C1=O)N1C[C@H]2C[C@@H](C1)c1cccc(=O)n1C2. The van der Waals surface area contributed by atoms with E-state index in [2.05, 4.69) is 0 Å². The number of aromatic nitrogens is 1. The molecule has 34 heavy (non-hydrogen) atoms. The van der Waals surface area contributed by atoms with Crippen LogP contribution in [0.1, 0.15) is 39.5 Å². The second-order valence-corrected chi connectivity index (χ2v) is 9.74. The lowest BCUT2D eigenvalue weighted by Gasteiger charge is -2.44. The monoisotopic (exact) mass is 453 g/mol. The van der Waals surface area contributed by atoms with Gasteiger partial charge in [-0.15, -0.1) is 0 Å². The highest BCUT2D eigenvalue weighted by molar-refractivity contribution is 6.01. The van der Waals surface area contributed by atoms with E-state index in [0.29, 0.717) is 38.2 Å². The fraction of sp³-hybridized carbons (Fsp3) is 0.321. The molecule has 1 saturated heterocycles. The lowest BCUT2D eigenvalue weighted by molar-refractivity contribution is -0.139. The molecule has 2 aromatic carbocycles. The molecule has 3 aliphatic heterocycles. The number of rotatable bonds is 4. The number of carbonyl (C=O) groups is 2. The number of carbonyl (C=O) groups excluding carboxylic acids is 2. The van der Waals surface area contributed by atoms with E-state index in [1.54, 1.807) is 11.0 Å². The van der Waals surface area contributed by atoms with Gasteiger partial charge in [0.05, 0.1) is 0 Å². The Morgan fingerprint density at radius 3 is 2.50 bits per heavy atom. The number of likely N-dealkylation sites (tertiary alicyclic amines) is 1. The zero-order valence-electron chi connectivity index (χ0n) is 19.0. The van der Waals surface area contributed by atoms with Crippen molar-refractivity contribution in [3.05, 3.63) is 106 Å². The van der Waals surface area contributed by atoms with Crippen LogP contribution in [0.3, 0.4) is 0 Å². The molecular formula is C28H27N3O3. The minimum absolute atomic E-state index is 0.00596. The second-order valence-electron chi connectivity index (χ2n) is 9.74. The van der Waals surface area contributed by atoms with Crippen LogP contribution in [0, 0.1) is 5.92 Å². The van der Waals surface area contributed by atoms with E-state index >= 15 is 0 Å². The molecule has 3 atom stereocenters. The van der Waals surface area contributed by atoms with Crippen LogP contribution in [-0.2, 0) is 24.3 Å². The predicted molar refractivity (Wildman–Crippen MR) is 128 cm³/mol. The van der Waals surface area contributed by atoms with Crippen molar-refractivity contribution in [1.82, 2.24) is 14.4 Å². The molecular weight excluding hydrogens is 426 g/mol. The van der Waals surface area contributed by atoms with Crippen LogP contribution in [0.25, 0.3) is 0 Å². The Labute approximate surface area is 198 Å². The van der Waals surface area contributed by atoms with Gasteiger partial charge >= 0.3 is 0 Å². The van der Waals surface area contributed by atoms with Crippen molar-refractivity contribution in [2.24, 2.45) is 5.92 Å². The van der Waals surface area contributed by atoms with Crippen LogP contribution in [-0.4, -0.2) is 45.3 Å². The summed E-state index contributed by atoms with van der Waals surface area (Å²) in [4.78, 5) is 43.5. The van der Waals surface area contributed by atoms with Crippen LogP contribution in [0.15, 0.2) is 77.6 Å². The molecule has 6 rings (SSSR count). The minimum Gasteiger partial charge on any atom is -0.340 e. The summed E-state index contributed by atoms with van der Waals surface area (Å²) >= 11 is 0. The van der Waals surface area contributed by atoms with Crippen molar-refractivity contribution >= 4 is 11.8 Å². The van der Waals surface area contributed by atoms with E-state index in [9.17, 15) is 14.4 Å². The highest BCUT2D eigenvalue weighted by atomic mass is 16.2. The third-order valence-corrected chi connectivity index (χ3v) is 7.57. The summed E-state index contributed by atoms with van der Waals surface area (Å²) in [5, 5.41) is 0. The lowest BCUT2D eigenvalue weighted by atomic mass is 9.82. The number of nitrogens with zero attached hydrogens (tertiary/aromatic N) is 3. The molecule has 4 heterocycles. The van der Waals surface area contributed by atoms with E-state index in [4.69, 9.17) is 0 Å². The number of hydrogen-bond acceptors (Lipinski definition) is 3. The van der Waals surface area contributed by atoms with Gasteiger partial charge in [0.15, 0.2) is 0 Å². The smallest absolute Gasteiger partial charge is 0.255 e. The molecule has 0 spiro atoms. The molecule has 0 N–H and O–H groups in total. The van der Waals surface area contributed by atoms with Crippen molar-refractivity contribution in [2.45, 2.75) is 37.9 Å². The van der Waals surface area contributed by atoms with Gasteiger partial charge in [0.2, 0.25) is 5.91 Å². The summed E-state index contributed by atoms with van der Waals surface area (Å²) in [6.45, 7) is 2.30. The molecule has 0 aliphatic carbocycles. The minimum atomic E-state index is -0.556. The van der Waals surface area contributed by atoms with Crippen molar-refractivity contribution in [2.75, 3.05) is 13.1 Å². The Morgan fingerprint density at radius 2 is 1.68 bits per heavy atom. The van der Waals surface area contributed by atoms with Gasteiger partial charge in [-0.25, -0.2) is 0 Å². The highest BCUT2D eigenvalue weighted by Gasteiger charge is 2.42. The summed E-state index contributed by atoms with van der Waals surface area (Å²) in [5.74, 6) is 0.332. The van der Waals surface area contributed by atoms with Crippen molar-refractivity contribution in [3.8, 4) is 0 Å². The average molecular weight is 454 g/mol. The first-order valence-corrected chi connectivity index (χ1v) is 12.0. The summed E-state index contributed by atoms with van der Waals surface area (Å²) in [6.07, 6.45) is 1.48. The maximum atomic E-state index is 14.1. The molecule has 3 aliphatic rings. The molecule has 6 nitrogen and oxygen atoms in total. The zero-order chi connectivity index (χ0) is 23.2. The molecule has 172 valence electrons. The van der Waals surface area contributed by atoms with Crippen molar-refractivity contribution in [1.29, 1.82) is 0 Å². The van der Waals surface area contributed by atoms with E-state index in [-0.39, 0.29) is 29.2 Å². The van der Waals surface area contributed by atoms with Gasteiger partial charge in [-0.3, -0.25) is 14.4 Å². The number of hydrogen-bond donors (Lipinski definition) is 0. The average Bonchev–Trinajstić information content (AvgIpc) is 3.19. The first-order chi connectivity index (χ1) is 16.6. The van der Waals surface area contributed by atoms with Gasteiger partial charge < -0.3 is 14.4 Å². The van der Waals surface area contributed by atoms with E-state index < -0.39 is 6.04 Å². The molecule has 2 bridgehead atoms. The fourth-order valence-electron chi connectivity index (χ4n) is 5.98. The maximum Gasteiger partial charge on any atom is 0.255 e. The van der Waals surface area contributed by atoms with Gasteiger partial charge in [-0.1, -0.05) is 54.6 Å². The molecule has 6 heteroatoms. The molecule has 1 fully saturated rings. The van der Waals surface area contributed by atoms with E-state index in [0.717, 1.165) is 23.2 Å². The Balaban J connectivity index is 1.31. The topological polar surface area (TPSA) is 62.6 Å². The summed E-state index contributed by atoms with van der Waals surface area (Å²) < 4.78 is 1.88. The molecule has 1 aromatic heterocycles. The number of fused-ring (bicyclic) bond motifs is 5. The normalized spacial score (nSPS) is 21.7. The van der Waals surface area contributed by atoms with Crippen LogP contribution >= 0.6 is 0 Å². The van der Waals surface area contributed by atoms with Gasteiger partial charge in [0.1, 0.15) is 6.04 Å². The number of amides is 2. The quantitative estimate of drug-likeness (QED) is 0.610. The lowest BCUT2D eigenvalue weighted by Crippen LogP contribution is -2.55. The summed E-state index contributed by atoms with van der Waals surface area (Å²) in [6, 6.07) is 22.4. The van der Waals surface area contributed by atoms with Crippen molar-refractivity contribution in [3.63, 3.8) is 0 Å². The molecule has 3 aromatic rings. The van der Waals surface area contributed by atoms with E-state index in [1.807, 2.05) is 76.2 Å². The van der Waals surface area contributed by atoms with Crippen LogP contribution in [0.5, 0.6) is 0 Å². The summed E-state index contributed by atoms with van der Waals surface area (Å²) in [7, 11) is 0. The molecule has 0 radical (unpaired) electrons. The van der Waals surface area contributed by atoms with Crippen LogP contribution < -0.4 is 5.56 Å². The Hall–Kier alpha value is -3.67. The standard InChI is InChI=1S/C28H27N3O3/c32-26-12-6-11-24-22-13-20(16-30(24)26)15-29(17-22)28(34)25(14-19-7-2-1-3-8-19)31-18-21-9-4-5-10-23(21)27(31)33/h1-12,20,22,25H,13-18H2/t20-,22+,25?/m1/s1. The van der Waals surface area contributed by atoms with Gasteiger partial charge in [-0.2, -0.15) is 0 Å². The molecule has 1 unspecified atom stereocenters. The first kappa shape index (κ1) is 20.9. The predicted octanol–water partition coefficient (Wildman–Crippen LogP) is 3.06. The molecule has 0 saturated carbocycles.